The molecule has 0 saturated heterocycles. The van der Waals surface area contributed by atoms with Crippen LogP contribution in [0.4, 0.5) is 0 Å². The van der Waals surface area contributed by atoms with Crippen molar-refractivity contribution in [3.05, 3.63) is 89.5 Å². The van der Waals surface area contributed by atoms with Crippen LogP contribution in [-0.2, 0) is 26.2 Å². The molecule has 0 aromatic heterocycles. The van der Waals surface area contributed by atoms with Crippen molar-refractivity contribution < 1.29 is 26.2 Å². The summed E-state index contributed by atoms with van der Waals surface area (Å²) < 4.78 is 15.0. The predicted octanol–water partition coefficient (Wildman–Crippen LogP) is 5.80. The summed E-state index contributed by atoms with van der Waals surface area (Å²) in [6, 6.07) is 17.7. The van der Waals surface area contributed by atoms with Gasteiger partial charge in [-0.05, 0) is 59.7 Å². The Balaban J connectivity index is 0.00000240. The van der Waals surface area contributed by atoms with Crippen molar-refractivity contribution in [2.45, 2.75) is 32.4 Å². The molecule has 0 N–H and O–H groups in total. The summed E-state index contributed by atoms with van der Waals surface area (Å²) in [5, 5.41) is 0. The minimum Gasteiger partial charge on any atom is -0.375 e. The average Bonchev–Trinajstić information content (AvgIpc) is 3.05. The number of hydrogen-bond donors (Lipinski definition) is 0. The Labute approximate surface area is 190 Å². The standard InChI is InChI=1S/C25H27NOSi.Ti/c1-17-19-10-6-8-12-21(19)23-14-18(16-28(27)26(5)25(2,3)4)15-24(23)22-13-9-7-11-20(17)22;/h6-15,18H,1,16H2,2-5H3;. The van der Waals surface area contributed by atoms with Crippen LogP contribution in [0.15, 0.2) is 67.3 Å². The molecule has 0 radical (unpaired) electrons. The van der Waals surface area contributed by atoms with E-state index < -0.39 is 8.84 Å². The molecule has 146 valence electrons. The van der Waals surface area contributed by atoms with Gasteiger partial charge in [-0.2, -0.15) is 0 Å². The molecule has 0 amide bonds. The molecule has 0 saturated carbocycles. The van der Waals surface area contributed by atoms with Crippen molar-refractivity contribution in [3.8, 4) is 0 Å². The molecule has 2 nitrogen and oxygen atoms in total. The molecule has 0 unspecified atom stereocenters. The van der Waals surface area contributed by atoms with E-state index in [-0.39, 0.29) is 33.2 Å². The summed E-state index contributed by atoms with van der Waals surface area (Å²) in [4.78, 5) is 0. The van der Waals surface area contributed by atoms with Gasteiger partial charge in [0.25, 0.3) is 0 Å². The van der Waals surface area contributed by atoms with E-state index in [0.717, 1.165) is 5.57 Å². The van der Waals surface area contributed by atoms with Gasteiger partial charge in [-0.3, -0.25) is 0 Å². The van der Waals surface area contributed by atoms with Crippen molar-refractivity contribution in [2.24, 2.45) is 5.92 Å². The van der Waals surface area contributed by atoms with Crippen molar-refractivity contribution >= 4 is 25.6 Å². The molecule has 4 heteroatoms. The zero-order valence-electron chi connectivity index (χ0n) is 17.6. The van der Waals surface area contributed by atoms with E-state index in [4.69, 9.17) is 0 Å². The quantitative estimate of drug-likeness (QED) is 0.570. The number of nitrogens with zero attached hydrogens (tertiary/aromatic N) is 1. The van der Waals surface area contributed by atoms with Crippen LogP contribution in [0, 0.1) is 5.92 Å². The first-order chi connectivity index (χ1) is 13.3. The van der Waals surface area contributed by atoms with E-state index in [0.29, 0.717) is 6.04 Å². The minimum absolute atomic E-state index is 0. The van der Waals surface area contributed by atoms with Gasteiger partial charge in [0.15, 0.2) is 0 Å². The molecule has 0 bridgehead atoms. The number of fused-ring (bicyclic) bond motifs is 5. The van der Waals surface area contributed by atoms with E-state index in [1.165, 1.54) is 33.4 Å². The fourth-order valence-corrected chi connectivity index (χ4v) is 5.72. The molecule has 4 rings (SSSR count). The topological polar surface area (TPSA) is 20.3 Å². The first kappa shape index (κ1) is 21.9. The fraction of sp³-hybridized carbons (Fsp3) is 0.280. The third-order valence-corrected chi connectivity index (χ3v) is 8.17. The summed E-state index contributed by atoms with van der Waals surface area (Å²) >= 11 is 0. The second-order valence-corrected chi connectivity index (χ2v) is 10.6. The maximum absolute atomic E-state index is 13.0. The van der Waals surface area contributed by atoms with Crippen molar-refractivity contribution in [1.29, 1.82) is 0 Å². The Hall–Kier alpha value is -1.81. The normalized spacial score (nSPS) is 15.2. The summed E-state index contributed by atoms with van der Waals surface area (Å²) in [6.45, 7) is 10.7. The van der Waals surface area contributed by atoms with Gasteiger partial charge in [0.05, 0.1) is 0 Å². The Bertz CT molecular complexity index is 979. The van der Waals surface area contributed by atoms with Gasteiger partial charge in [0.2, 0.25) is 0 Å². The van der Waals surface area contributed by atoms with Gasteiger partial charge in [0.1, 0.15) is 0 Å². The van der Waals surface area contributed by atoms with E-state index in [9.17, 15) is 4.46 Å². The Kier molecular flexibility index (Phi) is 6.14. The fourth-order valence-electron chi connectivity index (χ4n) is 4.06. The van der Waals surface area contributed by atoms with E-state index >= 15 is 0 Å². The molecule has 0 fully saturated rings. The van der Waals surface area contributed by atoms with Crippen molar-refractivity contribution in [1.82, 2.24) is 4.57 Å². The SMILES string of the molecule is C=C1c2ccccc2C2=CC(C[Si](=O)N(C)C(C)(C)C)C=C2c2ccccc21.[Ti]. The van der Waals surface area contributed by atoms with Gasteiger partial charge in [-0.1, -0.05) is 67.3 Å². The number of benzene rings is 2. The van der Waals surface area contributed by atoms with Crippen LogP contribution in [0.2, 0.25) is 6.04 Å². The molecular weight excluding hydrogens is 406 g/mol. The van der Waals surface area contributed by atoms with Gasteiger partial charge in [0, 0.05) is 46.3 Å². The Morgan fingerprint density at radius 1 is 0.897 bits per heavy atom. The number of rotatable bonds is 3. The first-order valence-corrected chi connectivity index (χ1v) is 11.4. The second-order valence-electron chi connectivity index (χ2n) is 8.72. The molecule has 0 atom stereocenters. The average molecular weight is 433 g/mol. The second kappa shape index (κ2) is 8.14. The van der Waals surface area contributed by atoms with Crippen LogP contribution < -0.4 is 0 Å². The van der Waals surface area contributed by atoms with Crippen LogP contribution >= 0.6 is 0 Å². The minimum atomic E-state index is -1.85. The zero-order valence-corrected chi connectivity index (χ0v) is 20.2. The molecule has 2 aromatic carbocycles. The molecule has 0 heterocycles. The van der Waals surface area contributed by atoms with E-state index in [1.807, 2.05) is 11.6 Å². The van der Waals surface area contributed by atoms with Gasteiger partial charge in [-0.25, -0.2) is 0 Å². The Morgan fingerprint density at radius 3 is 1.72 bits per heavy atom. The third kappa shape index (κ3) is 3.96. The van der Waals surface area contributed by atoms with Crippen LogP contribution in [0.25, 0.3) is 16.7 Å². The summed E-state index contributed by atoms with van der Waals surface area (Å²) in [7, 11) is 0.129. The maximum Gasteiger partial charge on any atom is 0.395 e. The number of allylic oxidation sites excluding steroid dienone is 4. The molecule has 0 spiro atoms. The largest absolute Gasteiger partial charge is 0.395 e. The molecule has 2 aliphatic rings. The van der Waals surface area contributed by atoms with Gasteiger partial charge in [-0.15, -0.1) is 0 Å². The monoisotopic (exact) mass is 433 g/mol. The summed E-state index contributed by atoms with van der Waals surface area (Å²) in [5.41, 5.74) is 8.30. The molecule has 0 aliphatic heterocycles. The van der Waals surface area contributed by atoms with Crippen molar-refractivity contribution in [3.63, 3.8) is 0 Å². The summed E-state index contributed by atoms with van der Waals surface area (Å²) in [6.07, 6.45) is 4.62. The van der Waals surface area contributed by atoms with Crippen LogP contribution in [-0.4, -0.2) is 26.0 Å². The molecule has 29 heavy (non-hydrogen) atoms. The molecule has 2 aromatic rings. The maximum atomic E-state index is 13.0. The van der Waals surface area contributed by atoms with Crippen molar-refractivity contribution in [2.75, 3.05) is 7.05 Å². The van der Waals surface area contributed by atoms with E-state index in [1.54, 1.807) is 0 Å². The van der Waals surface area contributed by atoms with E-state index in [2.05, 4.69) is 88.0 Å². The zero-order chi connectivity index (χ0) is 20.1. The first-order valence-electron chi connectivity index (χ1n) is 9.86. The van der Waals surface area contributed by atoms with Crippen LogP contribution in [0.3, 0.4) is 0 Å². The molecule has 2 aliphatic carbocycles. The number of hydrogen-bond acceptors (Lipinski definition) is 1. The van der Waals surface area contributed by atoms with Gasteiger partial charge < -0.3 is 9.03 Å². The predicted molar refractivity (Wildman–Crippen MR) is 119 cm³/mol. The van der Waals surface area contributed by atoms with Crippen LogP contribution in [0.5, 0.6) is 0 Å². The smallest absolute Gasteiger partial charge is 0.375 e. The van der Waals surface area contributed by atoms with Crippen LogP contribution in [0.1, 0.15) is 43.0 Å². The summed E-state index contributed by atoms with van der Waals surface area (Å²) in [5.74, 6) is 0.189. The molecular formula is C25H27NOSiTi. The third-order valence-electron chi connectivity index (χ3n) is 5.93. The Morgan fingerprint density at radius 2 is 1.31 bits per heavy atom. The van der Waals surface area contributed by atoms with Gasteiger partial charge >= 0.3 is 8.84 Å².